The molecular weight excluding hydrogens is 466 g/mol. The number of fused-ring (bicyclic) bond motifs is 2. The van der Waals surface area contributed by atoms with Gasteiger partial charge in [0, 0.05) is 18.9 Å². The number of phenolic OH excluding ortho intramolecular Hbond substituents is 1. The van der Waals surface area contributed by atoms with Crippen LogP contribution in [0.25, 0.3) is 11.0 Å². The van der Waals surface area contributed by atoms with E-state index in [1.54, 1.807) is 42.5 Å². The lowest BCUT2D eigenvalue weighted by Crippen LogP contribution is -2.26. The van der Waals surface area contributed by atoms with Gasteiger partial charge < -0.3 is 34.2 Å². The summed E-state index contributed by atoms with van der Waals surface area (Å²) in [5.41, 5.74) is 0.627. The molecule has 1 amide bonds. The Hall–Kier alpha value is -4.66. The lowest BCUT2D eigenvalue weighted by molar-refractivity contribution is -0.121. The molecule has 0 spiro atoms. The molecule has 1 aromatic heterocycles. The van der Waals surface area contributed by atoms with Crippen molar-refractivity contribution in [3.05, 3.63) is 87.8 Å². The second-order valence-electron chi connectivity index (χ2n) is 8.30. The number of carbonyl (C=O) groups excluding carboxylic acids is 1. The van der Waals surface area contributed by atoms with E-state index in [1.165, 1.54) is 19.2 Å². The Morgan fingerprint density at radius 3 is 2.67 bits per heavy atom. The van der Waals surface area contributed by atoms with E-state index in [-0.39, 0.29) is 54.1 Å². The number of amides is 1. The Morgan fingerprint density at radius 2 is 1.86 bits per heavy atom. The van der Waals surface area contributed by atoms with Gasteiger partial charge in [-0.2, -0.15) is 0 Å². The van der Waals surface area contributed by atoms with Gasteiger partial charge in [-0.1, -0.05) is 24.3 Å². The molecular formula is C27H23NO8. The van der Waals surface area contributed by atoms with Gasteiger partial charge in [0.2, 0.25) is 12.7 Å². The van der Waals surface area contributed by atoms with E-state index in [1.807, 2.05) is 6.07 Å². The van der Waals surface area contributed by atoms with Crippen molar-refractivity contribution in [3.63, 3.8) is 0 Å². The lowest BCUT2D eigenvalue weighted by Gasteiger charge is -2.19. The van der Waals surface area contributed by atoms with Crippen molar-refractivity contribution in [1.29, 1.82) is 0 Å². The number of aromatic hydroxyl groups is 2. The van der Waals surface area contributed by atoms with Crippen molar-refractivity contribution in [2.75, 3.05) is 13.9 Å². The van der Waals surface area contributed by atoms with Crippen LogP contribution in [0.1, 0.15) is 29.0 Å². The van der Waals surface area contributed by atoms with Gasteiger partial charge in [-0.05, 0) is 47.5 Å². The van der Waals surface area contributed by atoms with Crippen molar-refractivity contribution in [3.8, 4) is 28.7 Å². The largest absolute Gasteiger partial charge is 0.507 e. The Kier molecular flexibility index (Phi) is 6.12. The van der Waals surface area contributed by atoms with Gasteiger partial charge in [0.15, 0.2) is 23.0 Å². The average Bonchev–Trinajstić information content (AvgIpc) is 3.35. The molecule has 1 atom stereocenters. The number of para-hydroxylation sites is 1. The lowest BCUT2D eigenvalue weighted by atomic mass is 9.87. The predicted molar refractivity (Wildman–Crippen MR) is 130 cm³/mol. The fraction of sp³-hybridized carbons (Fsp3) is 0.185. The number of phenols is 1. The summed E-state index contributed by atoms with van der Waals surface area (Å²) < 4.78 is 21.2. The fourth-order valence-electron chi connectivity index (χ4n) is 4.27. The van der Waals surface area contributed by atoms with Gasteiger partial charge in [-0.25, -0.2) is 4.79 Å². The Balaban J connectivity index is 1.47. The third-order valence-corrected chi connectivity index (χ3v) is 6.09. The molecule has 0 bridgehead atoms. The number of nitrogens with one attached hydrogen (secondary N) is 1. The van der Waals surface area contributed by atoms with Crippen molar-refractivity contribution in [1.82, 2.24) is 5.32 Å². The summed E-state index contributed by atoms with van der Waals surface area (Å²) in [6.45, 7) is 0.369. The zero-order chi connectivity index (χ0) is 25.2. The molecule has 1 aliphatic rings. The molecule has 0 saturated carbocycles. The van der Waals surface area contributed by atoms with Crippen LogP contribution in [0.2, 0.25) is 0 Å². The van der Waals surface area contributed by atoms with E-state index >= 15 is 0 Å². The van der Waals surface area contributed by atoms with Gasteiger partial charge in [-0.15, -0.1) is 0 Å². The van der Waals surface area contributed by atoms with E-state index in [0.717, 1.165) is 5.56 Å². The summed E-state index contributed by atoms with van der Waals surface area (Å²) in [7, 11) is 1.42. The first-order valence-electron chi connectivity index (χ1n) is 11.2. The number of hydrogen-bond acceptors (Lipinski definition) is 8. The quantitative estimate of drug-likeness (QED) is 0.335. The van der Waals surface area contributed by atoms with Crippen LogP contribution in [0.5, 0.6) is 28.7 Å². The van der Waals surface area contributed by atoms with Crippen LogP contribution in [-0.4, -0.2) is 30.0 Å². The van der Waals surface area contributed by atoms with Gasteiger partial charge >= 0.3 is 5.63 Å². The topological polar surface area (TPSA) is 127 Å². The summed E-state index contributed by atoms with van der Waals surface area (Å²) in [5.74, 6) is -0.231. The molecule has 2 heterocycles. The second-order valence-corrected chi connectivity index (χ2v) is 8.30. The Morgan fingerprint density at radius 1 is 1.06 bits per heavy atom. The highest BCUT2D eigenvalue weighted by Crippen LogP contribution is 2.39. The summed E-state index contributed by atoms with van der Waals surface area (Å²) in [6.07, 6.45) is -0.188. The maximum Gasteiger partial charge on any atom is 0.343 e. The number of ether oxygens (including phenoxy) is 3. The van der Waals surface area contributed by atoms with Crippen LogP contribution in [0.4, 0.5) is 0 Å². The molecule has 0 fully saturated rings. The molecule has 9 nitrogen and oxygen atoms in total. The monoisotopic (exact) mass is 489 g/mol. The highest BCUT2D eigenvalue weighted by molar-refractivity contribution is 5.85. The van der Waals surface area contributed by atoms with E-state index in [2.05, 4.69) is 5.32 Å². The Labute approximate surface area is 205 Å². The van der Waals surface area contributed by atoms with Gasteiger partial charge in [0.25, 0.3) is 0 Å². The number of carbonyl (C=O) groups is 1. The normalized spacial score (nSPS) is 12.9. The highest BCUT2D eigenvalue weighted by atomic mass is 16.7. The summed E-state index contributed by atoms with van der Waals surface area (Å²) in [6, 6.07) is 16.5. The minimum Gasteiger partial charge on any atom is -0.507 e. The average molecular weight is 489 g/mol. The van der Waals surface area contributed by atoms with Crippen LogP contribution >= 0.6 is 0 Å². The zero-order valence-corrected chi connectivity index (χ0v) is 19.3. The molecule has 5 rings (SSSR count). The number of methoxy groups -OCH3 is 1. The van der Waals surface area contributed by atoms with Crippen LogP contribution < -0.4 is 25.2 Å². The molecule has 4 aromatic rings. The molecule has 184 valence electrons. The van der Waals surface area contributed by atoms with Gasteiger partial charge in [0.1, 0.15) is 11.3 Å². The van der Waals surface area contributed by atoms with E-state index in [9.17, 15) is 19.8 Å². The second kappa shape index (κ2) is 9.53. The van der Waals surface area contributed by atoms with Crippen molar-refractivity contribution in [2.45, 2.75) is 18.9 Å². The van der Waals surface area contributed by atoms with Gasteiger partial charge in [0.05, 0.1) is 18.1 Å². The van der Waals surface area contributed by atoms with E-state index in [0.29, 0.717) is 22.4 Å². The first-order valence-corrected chi connectivity index (χ1v) is 11.2. The first kappa shape index (κ1) is 23.1. The molecule has 0 saturated heterocycles. The van der Waals surface area contributed by atoms with Crippen LogP contribution in [0.3, 0.4) is 0 Å². The molecule has 0 aliphatic carbocycles. The number of rotatable bonds is 7. The molecule has 0 radical (unpaired) electrons. The van der Waals surface area contributed by atoms with E-state index in [4.69, 9.17) is 18.6 Å². The van der Waals surface area contributed by atoms with Crippen molar-refractivity contribution < 1.29 is 33.6 Å². The molecule has 1 aliphatic heterocycles. The predicted octanol–water partition coefficient (Wildman–Crippen LogP) is 3.78. The minimum atomic E-state index is -0.903. The summed E-state index contributed by atoms with van der Waals surface area (Å²) >= 11 is 0. The molecule has 3 aromatic carbocycles. The third-order valence-electron chi connectivity index (χ3n) is 6.09. The maximum atomic E-state index is 13.0. The molecule has 3 N–H and O–H groups in total. The van der Waals surface area contributed by atoms with E-state index < -0.39 is 11.5 Å². The summed E-state index contributed by atoms with van der Waals surface area (Å²) in [5, 5.41) is 24.6. The summed E-state index contributed by atoms with van der Waals surface area (Å²) in [4.78, 5) is 26.0. The zero-order valence-electron chi connectivity index (χ0n) is 19.3. The van der Waals surface area contributed by atoms with Crippen molar-refractivity contribution in [2.24, 2.45) is 0 Å². The van der Waals surface area contributed by atoms with Crippen molar-refractivity contribution >= 4 is 16.9 Å². The standard InChI is InChI=1S/C27H23NO8/c1-33-21-9-7-16(11-19(21)29)18(25-26(31)17-4-2-3-5-20(17)36-27(25)32)12-24(30)28-13-15-6-8-22-23(10-15)35-14-34-22/h2-11,18,29,31H,12-14H2,1H3,(H,28,30)/t18-/m0/s1. The number of benzene rings is 3. The number of hydrogen-bond donors (Lipinski definition) is 3. The maximum absolute atomic E-state index is 13.0. The Bertz CT molecular complexity index is 1510. The molecule has 9 heteroatoms. The van der Waals surface area contributed by atoms with Crippen LogP contribution in [0.15, 0.2) is 69.9 Å². The molecule has 0 unspecified atom stereocenters. The smallest absolute Gasteiger partial charge is 0.343 e. The van der Waals surface area contributed by atoms with Crippen LogP contribution in [-0.2, 0) is 11.3 Å². The molecule has 36 heavy (non-hydrogen) atoms. The van der Waals surface area contributed by atoms with Gasteiger partial charge in [-0.3, -0.25) is 4.79 Å². The fourth-order valence-corrected chi connectivity index (χ4v) is 4.27. The third kappa shape index (κ3) is 4.38. The highest BCUT2D eigenvalue weighted by Gasteiger charge is 2.28. The van der Waals surface area contributed by atoms with Crippen LogP contribution in [0, 0.1) is 0 Å². The SMILES string of the molecule is COc1ccc([C@H](CC(=O)NCc2ccc3c(c2)OCO3)c2c(O)c3ccccc3oc2=O)cc1O. The first-order chi connectivity index (χ1) is 17.4. The minimum absolute atomic E-state index is 0.0727.